The van der Waals surface area contributed by atoms with Crippen LogP contribution in [0.4, 0.5) is 0 Å². The molecule has 0 aromatic heterocycles. The standard InChI is InChI=1S/C13H14O4/c1-7-4-5-10(8(2)6-7)9(3)11(12(14)15)13(16)17/h4-6H,1-3H3,(H,14,15)(H,16,17). The zero-order valence-electron chi connectivity index (χ0n) is 9.94. The first-order chi connectivity index (χ1) is 7.84. The molecule has 0 spiro atoms. The van der Waals surface area contributed by atoms with Gasteiger partial charge in [-0.3, -0.25) is 0 Å². The van der Waals surface area contributed by atoms with Crippen molar-refractivity contribution in [2.45, 2.75) is 20.8 Å². The molecule has 0 bridgehead atoms. The van der Waals surface area contributed by atoms with Gasteiger partial charge in [-0.05, 0) is 37.5 Å². The average Bonchev–Trinajstić information content (AvgIpc) is 2.15. The minimum atomic E-state index is -1.42. The zero-order valence-corrected chi connectivity index (χ0v) is 9.94. The number of aryl methyl sites for hydroxylation is 2. The third kappa shape index (κ3) is 2.72. The molecule has 0 saturated carbocycles. The van der Waals surface area contributed by atoms with Crippen LogP contribution in [0.1, 0.15) is 23.6 Å². The lowest BCUT2D eigenvalue weighted by Gasteiger charge is -2.09. The van der Waals surface area contributed by atoms with Gasteiger partial charge in [0.15, 0.2) is 0 Å². The number of hydrogen-bond donors (Lipinski definition) is 2. The first kappa shape index (κ1) is 13.0. The molecule has 1 aromatic carbocycles. The van der Waals surface area contributed by atoms with E-state index in [0.29, 0.717) is 5.56 Å². The van der Waals surface area contributed by atoms with Crippen LogP contribution in [0.5, 0.6) is 0 Å². The first-order valence-electron chi connectivity index (χ1n) is 5.09. The van der Waals surface area contributed by atoms with Crippen molar-refractivity contribution in [2.75, 3.05) is 0 Å². The summed E-state index contributed by atoms with van der Waals surface area (Å²) in [5.41, 5.74) is 2.24. The maximum atomic E-state index is 10.9. The molecule has 0 heterocycles. The molecule has 0 aliphatic carbocycles. The third-order valence-corrected chi connectivity index (χ3v) is 2.59. The third-order valence-electron chi connectivity index (χ3n) is 2.59. The summed E-state index contributed by atoms with van der Waals surface area (Å²) in [6.07, 6.45) is 0. The van der Waals surface area contributed by atoms with Crippen molar-refractivity contribution >= 4 is 17.5 Å². The Balaban J connectivity index is 3.44. The van der Waals surface area contributed by atoms with Gasteiger partial charge in [0.1, 0.15) is 5.57 Å². The number of rotatable bonds is 3. The Morgan fingerprint density at radius 3 is 2.00 bits per heavy atom. The Bertz CT molecular complexity index is 496. The Hall–Kier alpha value is -2.10. The predicted molar refractivity (Wildman–Crippen MR) is 63.8 cm³/mol. The lowest BCUT2D eigenvalue weighted by Crippen LogP contribution is -2.13. The van der Waals surface area contributed by atoms with Gasteiger partial charge >= 0.3 is 11.9 Å². The Labute approximate surface area is 99.2 Å². The molecular weight excluding hydrogens is 220 g/mol. The molecule has 4 nitrogen and oxygen atoms in total. The van der Waals surface area contributed by atoms with Crippen LogP contribution in [0.15, 0.2) is 23.8 Å². The molecule has 0 amide bonds. The fourth-order valence-electron chi connectivity index (χ4n) is 1.78. The minimum Gasteiger partial charge on any atom is -0.477 e. The van der Waals surface area contributed by atoms with Gasteiger partial charge in [-0.2, -0.15) is 0 Å². The van der Waals surface area contributed by atoms with E-state index in [1.807, 2.05) is 26.0 Å². The summed E-state index contributed by atoms with van der Waals surface area (Å²) in [4.78, 5) is 21.8. The van der Waals surface area contributed by atoms with Crippen LogP contribution in [0.3, 0.4) is 0 Å². The highest BCUT2D eigenvalue weighted by Crippen LogP contribution is 2.23. The molecular formula is C13H14O4. The monoisotopic (exact) mass is 234 g/mol. The quantitative estimate of drug-likeness (QED) is 0.478. The van der Waals surface area contributed by atoms with E-state index in [4.69, 9.17) is 10.2 Å². The minimum absolute atomic E-state index is 0.266. The van der Waals surface area contributed by atoms with Gasteiger partial charge in [0.25, 0.3) is 0 Å². The van der Waals surface area contributed by atoms with Crippen molar-refractivity contribution in [3.63, 3.8) is 0 Å². The Kier molecular flexibility index (Phi) is 3.68. The van der Waals surface area contributed by atoms with Crippen molar-refractivity contribution in [1.82, 2.24) is 0 Å². The summed E-state index contributed by atoms with van der Waals surface area (Å²) < 4.78 is 0. The van der Waals surface area contributed by atoms with Gasteiger partial charge in [0.05, 0.1) is 0 Å². The summed E-state index contributed by atoms with van der Waals surface area (Å²) >= 11 is 0. The van der Waals surface area contributed by atoms with Crippen LogP contribution in [-0.4, -0.2) is 22.2 Å². The molecule has 0 aliphatic rings. The molecule has 4 heteroatoms. The second-order valence-electron chi connectivity index (χ2n) is 3.93. The molecule has 17 heavy (non-hydrogen) atoms. The number of hydrogen-bond acceptors (Lipinski definition) is 2. The fourth-order valence-corrected chi connectivity index (χ4v) is 1.78. The molecule has 0 atom stereocenters. The van der Waals surface area contributed by atoms with E-state index in [-0.39, 0.29) is 5.57 Å². The van der Waals surface area contributed by atoms with Crippen LogP contribution in [0.25, 0.3) is 5.57 Å². The Morgan fingerprint density at radius 2 is 1.59 bits per heavy atom. The second kappa shape index (κ2) is 4.82. The van der Waals surface area contributed by atoms with E-state index in [1.165, 1.54) is 6.92 Å². The molecule has 90 valence electrons. The molecule has 0 radical (unpaired) electrons. The van der Waals surface area contributed by atoms with Crippen LogP contribution in [-0.2, 0) is 9.59 Å². The molecule has 0 fully saturated rings. The van der Waals surface area contributed by atoms with Crippen molar-refractivity contribution in [3.8, 4) is 0 Å². The number of benzene rings is 1. The van der Waals surface area contributed by atoms with E-state index in [9.17, 15) is 9.59 Å². The maximum absolute atomic E-state index is 10.9. The van der Waals surface area contributed by atoms with Gasteiger partial charge in [-0.25, -0.2) is 9.59 Å². The smallest absolute Gasteiger partial charge is 0.343 e. The highest BCUT2D eigenvalue weighted by atomic mass is 16.4. The number of carboxylic acid groups (broad SMARTS) is 2. The highest BCUT2D eigenvalue weighted by Gasteiger charge is 2.21. The van der Waals surface area contributed by atoms with Crippen molar-refractivity contribution in [1.29, 1.82) is 0 Å². The van der Waals surface area contributed by atoms with Crippen LogP contribution in [0, 0.1) is 13.8 Å². The van der Waals surface area contributed by atoms with Gasteiger partial charge < -0.3 is 10.2 Å². The van der Waals surface area contributed by atoms with Gasteiger partial charge in [0.2, 0.25) is 0 Å². The maximum Gasteiger partial charge on any atom is 0.343 e. The summed E-state index contributed by atoms with van der Waals surface area (Å²) in [5, 5.41) is 17.8. The summed E-state index contributed by atoms with van der Waals surface area (Å²) in [5.74, 6) is -2.84. The lowest BCUT2D eigenvalue weighted by molar-refractivity contribution is -0.140. The summed E-state index contributed by atoms with van der Waals surface area (Å²) in [6.45, 7) is 5.26. The van der Waals surface area contributed by atoms with Crippen molar-refractivity contribution in [2.24, 2.45) is 0 Å². The molecule has 2 N–H and O–H groups in total. The normalized spacial score (nSPS) is 9.82. The molecule has 0 aliphatic heterocycles. The zero-order chi connectivity index (χ0) is 13.2. The predicted octanol–water partition coefficient (Wildman–Crippen LogP) is 2.25. The fraction of sp³-hybridized carbons (Fsp3) is 0.231. The number of aliphatic carboxylic acids is 2. The molecule has 0 saturated heterocycles. The van der Waals surface area contributed by atoms with Crippen LogP contribution >= 0.6 is 0 Å². The SMILES string of the molecule is CC(=C(C(=O)O)C(=O)O)c1ccc(C)cc1C. The molecule has 1 rings (SSSR count). The second-order valence-corrected chi connectivity index (χ2v) is 3.93. The largest absolute Gasteiger partial charge is 0.477 e. The summed E-state index contributed by atoms with van der Waals surface area (Å²) in [6, 6.07) is 5.46. The number of allylic oxidation sites excluding steroid dienone is 1. The van der Waals surface area contributed by atoms with Crippen molar-refractivity contribution in [3.05, 3.63) is 40.5 Å². The Morgan fingerprint density at radius 1 is 1.06 bits per heavy atom. The topological polar surface area (TPSA) is 74.6 Å². The molecule has 0 unspecified atom stereocenters. The van der Waals surface area contributed by atoms with Gasteiger partial charge in [-0.15, -0.1) is 0 Å². The van der Waals surface area contributed by atoms with E-state index in [2.05, 4.69) is 0 Å². The van der Waals surface area contributed by atoms with E-state index in [0.717, 1.165) is 11.1 Å². The summed E-state index contributed by atoms with van der Waals surface area (Å²) in [7, 11) is 0. The van der Waals surface area contributed by atoms with E-state index >= 15 is 0 Å². The van der Waals surface area contributed by atoms with Crippen LogP contribution < -0.4 is 0 Å². The number of carbonyl (C=O) groups is 2. The van der Waals surface area contributed by atoms with Gasteiger partial charge in [0, 0.05) is 0 Å². The van der Waals surface area contributed by atoms with Crippen LogP contribution in [0.2, 0.25) is 0 Å². The van der Waals surface area contributed by atoms with Gasteiger partial charge in [-0.1, -0.05) is 23.8 Å². The van der Waals surface area contributed by atoms with Crippen molar-refractivity contribution < 1.29 is 19.8 Å². The highest BCUT2D eigenvalue weighted by molar-refractivity contribution is 6.18. The average molecular weight is 234 g/mol. The van der Waals surface area contributed by atoms with E-state index in [1.54, 1.807) is 6.07 Å². The first-order valence-corrected chi connectivity index (χ1v) is 5.09. The number of carboxylic acids is 2. The lowest BCUT2D eigenvalue weighted by atomic mass is 9.96. The molecule has 1 aromatic rings. The van der Waals surface area contributed by atoms with E-state index < -0.39 is 17.5 Å².